The number of carbonyl (C=O) groups excluding carboxylic acids is 2. The van der Waals surface area contributed by atoms with Crippen LogP contribution in [0.1, 0.15) is 46.1 Å². The fourth-order valence-corrected chi connectivity index (χ4v) is 4.68. The van der Waals surface area contributed by atoms with Crippen molar-refractivity contribution in [3.63, 3.8) is 0 Å². The Bertz CT molecular complexity index is 1120. The normalized spacial score (nSPS) is 12.7. The minimum atomic E-state index is -3.63. The van der Waals surface area contributed by atoms with Gasteiger partial charge >= 0.3 is 0 Å². The third-order valence-corrected chi connectivity index (χ3v) is 6.92. The van der Waals surface area contributed by atoms with Gasteiger partial charge in [0.05, 0.1) is 11.9 Å². The number of amides is 2. The van der Waals surface area contributed by atoms with E-state index in [-0.39, 0.29) is 37.7 Å². The zero-order valence-electron chi connectivity index (χ0n) is 20.7. The summed E-state index contributed by atoms with van der Waals surface area (Å²) in [5.41, 5.74) is 0.732. The highest BCUT2D eigenvalue weighted by atomic mass is 79.9. The van der Waals surface area contributed by atoms with E-state index < -0.39 is 27.4 Å². The first-order valence-electron chi connectivity index (χ1n) is 11.3. The number of hydrogen-bond donors (Lipinski definition) is 1. The molecule has 10 heteroatoms. The maximum absolute atomic E-state index is 13.3. The molecule has 0 aliphatic heterocycles. The van der Waals surface area contributed by atoms with Crippen LogP contribution in [0.4, 0.5) is 10.1 Å². The highest BCUT2D eigenvalue weighted by Crippen LogP contribution is 2.20. The molecule has 2 rings (SSSR count). The van der Waals surface area contributed by atoms with Crippen LogP contribution in [0, 0.1) is 5.82 Å². The number of carbonyl (C=O) groups is 2. The second kappa shape index (κ2) is 12.0. The fourth-order valence-electron chi connectivity index (χ4n) is 3.45. The van der Waals surface area contributed by atoms with Gasteiger partial charge in [-0.25, -0.2) is 12.8 Å². The largest absolute Gasteiger partial charge is 0.350 e. The second-order valence-corrected chi connectivity index (χ2v) is 12.3. The van der Waals surface area contributed by atoms with Crippen LogP contribution in [0.2, 0.25) is 0 Å². The van der Waals surface area contributed by atoms with Crippen molar-refractivity contribution in [1.29, 1.82) is 0 Å². The number of nitrogens with one attached hydrogen (secondary N) is 1. The van der Waals surface area contributed by atoms with Crippen molar-refractivity contribution >= 4 is 43.5 Å². The molecule has 2 aromatic carbocycles. The van der Waals surface area contributed by atoms with Crippen molar-refractivity contribution < 1.29 is 22.4 Å². The Morgan fingerprint density at radius 3 is 2.14 bits per heavy atom. The number of benzene rings is 2. The van der Waals surface area contributed by atoms with E-state index in [2.05, 4.69) is 21.2 Å². The van der Waals surface area contributed by atoms with Crippen LogP contribution in [-0.2, 0) is 26.2 Å². The molecule has 7 nitrogen and oxygen atoms in total. The molecule has 0 saturated carbocycles. The van der Waals surface area contributed by atoms with E-state index in [1.165, 1.54) is 29.2 Å². The summed E-state index contributed by atoms with van der Waals surface area (Å²) in [6.45, 7) is 7.57. The van der Waals surface area contributed by atoms with Crippen LogP contribution in [0.25, 0.3) is 0 Å². The zero-order chi connectivity index (χ0) is 26.4. The Hall–Kier alpha value is -2.46. The molecule has 0 fully saturated rings. The Kier molecular flexibility index (Phi) is 9.85. The Labute approximate surface area is 215 Å². The third-order valence-electron chi connectivity index (χ3n) is 5.20. The van der Waals surface area contributed by atoms with Crippen LogP contribution in [0.3, 0.4) is 0 Å². The number of sulfonamides is 1. The van der Waals surface area contributed by atoms with E-state index in [4.69, 9.17) is 0 Å². The molecule has 0 saturated heterocycles. The predicted molar refractivity (Wildman–Crippen MR) is 140 cm³/mol. The lowest BCUT2D eigenvalue weighted by Gasteiger charge is -2.32. The molecule has 0 radical (unpaired) electrons. The first-order chi connectivity index (χ1) is 16.2. The van der Waals surface area contributed by atoms with Crippen LogP contribution in [0.15, 0.2) is 53.0 Å². The number of hydrogen-bond acceptors (Lipinski definition) is 4. The van der Waals surface area contributed by atoms with Crippen LogP contribution < -0.4 is 9.62 Å². The molecule has 0 bridgehead atoms. The average Bonchev–Trinajstić information content (AvgIpc) is 2.74. The summed E-state index contributed by atoms with van der Waals surface area (Å²) in [5.74, 6) is -1.01. The molecule has 2 aromatic rings. The molecule has 1 N–H and O–H groups in total. The van der Waals surface area contributed by atoms with Gasteiger partial charge in [-0.15, -0.1) is 0 Å². The van der Waals surface area contributed by atoms with Crippen LogP contribution in [-0.4, -0.2) is 49.5 Å². The minimum Gasteiger partial charge on any atom is -0.350 e. The number of halogens is 2. The first kappa shape index (κ1) is 28.8. The van der Waals surface area contributed by atoms with Gasteiger partial charge in [-0.1, -0.05) is 28.1 Å². The van der Waals surface area contributed by atoms with E-state index >= 15 is 0 Å². The summed E-state index contributed by atoms with van der Waals surface area (Å²) >= 11 is 3.39. The zero-order valence-corrected chi connectivity index (χ0v) is 23.1. The molecule has 0 aliphatic carbocycles. The number of nitrogens with zero attached hydrogens (tertiary/aromatic N) is 2. The van der Waals surface area contributed by atoms with Gasteiger partial charge < -0.3 is 10.2 Å². The molecular formula is C25H33BrFN3O4S. The lowest BCUT2D eigenvalue weighted by atomic mass is 10.1. The minimum absolute atomic E-state index is 0.0386. The van der Waals surface area contributed by atoms with E-state index in [1.54, 1.807) is 6.92 Å². The molecule has 0 heterocycles. The molecule has 0 aromatic heterocycles. The molecule has 192 valence electrons. The number of rotatable bonds is 10. The smallest absolute Gasteiger partial charge is 0.242 e. The van der Waals surface area contributed by atoms with Gasteiger partial charge in [0.15, 0.2) is 0 Å². The van der Waals surface area contributed by atoms with Gasteiger partial charge in [0.25, 0.3) is 0 Å². The van der Waals surface area contributed by atoms with Gasteiger partial charge in [0.2, 0.25) is 21.8 Å². The topological polar surface area (TPSA) is 86.8 Å². The Morgan fingerprint density at radius 1 is 1.06 bits per heavy atom. The van der Waals surface area contributed by atoms with Gasteiger partial charge in [-0.2, -0.15) is 0 Å². The van der Waals surface area contributed by atoms with Gasteiger partial charge in [0, 0.05) is 29.5 Å². The van der Waals surface area contributed by atoms with Crippen molar-refractivity contribution in [2.45, 2.75) is 58.7 Å². The van der Waals surface area contributed by atoms with Crippen molar-refractivity contribution in [2.24, 2.45) is 0 Å². The molecule has 0 unspecified atom stereocenters. The molecule has 2 amide bonds. The Balaban J connectivity index is 2.17. The molecule has 35 heavy (non-hydrogen) atoms. The van der Waals surface area contributed by atoms with Gasteiger partial charge in [0.1, 0.15) is 11.9 Å². The van der Waals surface area contributed by atoms with E-state index in [1.807, 2.05) is 45.0 Å². The highest BCUT2D eigenvalue weighted by molar-refractivity contribution is 9.10. The Morgan fingerprint density at radius 2 is 1.63 bits per heavy atom. The molecule has 1 atom stereocenters. The van der Waals surface area contributed by atoms with Crippen molar-refractivity contribution in [1.82, 2.24) is 10.2 Å². The van der Waals surface area contributed by atoms with Crippen LogP contribution >= 0.6 is 15.9 Å². The number of anilines is 1. The van der Waals surface area contributed by atoms with Gasteiger partial charge in [-0.05, 0) is 76.1 Å². The van der Waals surface area contributed by atoms with E-state index in [0.29, 0.717) is 5.69 Å². The van der Waals surface area contributed by atoms with E-state index in [0.717, 1.165) is 20.6 Å². The monoisotopic (exact) mass is 569 g/mol. The quantitative estimate of drug-likeness (QED) is 0.457. The molecular weight excluding hydrogens is 537 g/mol. The average molecular weight is 571 g/mol. The highest BCUT2D eigenvalue weighted by Gasteiger charge is 2.28. The summed E-state index contributed by atoms with van der Waals surface area (Å²) in [5, 5.41) is 2.91. The maximum Gasteiger partial charge on any atom is 0.242 e. The summed E-state index contributed by atoms with van der Waals surface area (Å²) in [7, 11) is -3.63. The first-order valence-corrected chi connectivity index (χ1v) is 13.9. The maximum atomic E-state index is 13.3. The van der Waals surface area contributed by atoms with Crippen molar-refractivity contribution in [3.05, 3.63) is 64.4 Å². The summed E-state index contributed by atoms with van der Waals surface area (Å²) in [4.78, 5) is 27.6. The standard InChI is InChI=1S/C25H33BrFN3O4S/c1-18(24(32)28-25(2,3)4)29(17-19-8-10-20(26)11-9-19)23(31)7-6-16-30(35(5,33)34)22-14-12-21(27)13-15-22/h8-15,18H,6-7,16-17H2,1-5H3,(H,28,32)/t18-/m0/s1. The molecule has 0 spiro atoms. The van der Waals surface area contributed by atoms with Gasteiger partial charge in [-0.3, -0.25) is 13.9 Å². The van der Waals surface area contributed by atoms with Crippen molar-refractivity contribution in [2.75, 3.05) is 17.1 Å². The second-order valence-electron chi connectivity index (χ2n) is 9.48. The fraction of sp³-hybridized carbons (Fsp3) is 0.440. The summed E-state index contributed by atoms with van der Waals surface area (Å²) < 4.78 is 39.9. The lowest BCUT2D eigenvalue weighted by molar-refractivity contribution is -0.141. The van der Waals surface area contributed by atoms with E-state index in [9.17, 15) is 22.4 Å². The summed E-state index contributed by atoms with van der Waals surface area (Å²) in [6, 6.07) is 11.9. The van der Waals surface area contributed by atoms with Crippen LogP contribution in [0.5, 0.6) is 0 Å². The van der Waals surface area contributed by atoms with Crippen molar-refractivity contribution in [3.8, 4) is 0 Å². The SMILES string of the molecule is C[C@@H](C(=O)NC(C)(C)C)N(Cc1ccc(Br)cc1)C(=O)CCCN(c1ccc(F)cc1)S(C)(=O)=O. The summed E-state index contributed by atoms with van der Waals surface area (Å²) in [6.07, 6.45) is 1.33. The lowest BCUT2D eigenvalue weighted by Crippen LogP contribution is -2.52. The third kappa shape index (κ3) is 9.25. The molecule has 0 aliphatic rings. The predicted octanol–water partition coefficient (Wildman–Crippen LogP) is 4.47.